The molecule has 0 radical (unpaired) electrons. The number of thiazole rings is 1. The zero-order valence-electron chi connectivity index (χ0n) is 22.8. The number of esters is 2. The van der Waals surface area contributed by atoms with Crippen molar-refractivity contribution in [1.29, 1.82) is 0 Å². The van der Waals surface area contributed by atoms with Gasteiger partial charge in [-0.3, -0.25) is 19.7 Å². The van der Waals surface area contributed by atoms with Gasteiger partial charge < -0.3 is 23.8 Å². The van der Waals surface area contributed by atoms with Crippen molar-refractivity contribution in [2.75, 3.05) is 43.9 Å². The number of ether oxygens (including phenoxy) is 4. The van der Waals surface area contributed by atoms with Crippen LogP contribution in [0, 0.1) is 5.92 Å². The topological polar surface area (TPSA) is 142 Å². The van der Waals surface area contributed by atoms with Gasteiger partial charge in [-0.25, -0.2) is 19.3 Å². The SMILES string of the molecule is CCOC(=O)C1CCN(c2cnc(C(=O)Nc3nc(-c4ccc(OC)c(OCF)c4)c(COC(C)=O)s3)cn2)CC1. The monoisotopic (exact) mass is 587 g/mol. The summed E-state index contributed by atoms with van der Waals surface area (Å²) in [6, 6.07) is 4.85. The van der Waals surface area contributed by atoms with Gasteiger partial charge >= 0.3 is 11.9 Å². The Morgan fingerprint density at radius 2 is 1.90 bits per heavy atom. The fourth-order valence-electron chi connectivity index (χ4n) is 4.26. The van der Waals surface area contributed by atoms with E-state index in [-0.39, 0.29) is 35.1 Å². The van der Waals surface area contributed by atoms with Crippen LogP contribution in [0.1, 0.15) is 42.1 Å². The van der Waals surface area contributed by atoms with Crippen molar-refractivity contribution in [1.82, 2.24) is 15.0 Å². The van der Waals surface area contributed by atoms with Crippen LogP contribution in [0.15, 0.2) is 30.6 Å². The normalized spacial score (nSPS) is 13.4. The molecule has 0 saturated carbocycles. The lowest BCUT2D eigenvalue weighted by molar-refractivity contribution is -0.148. The second kappa shape index (κ2) is 13.8. The largest absolute Gasteiger partial charge is 0.493 e. The Bertz CT molecular complexity index is 1380. The number of piperidine rings is 1. The summed E-state index contributed by atoms with van der Waals surface area (Å²) in [4.78, 5) is 52.1. The highest BCUT2D eigenvalue weighted by atomic mass is 32.1. The summed E-state index contributed by atoms with van der Waals surface area (Å²) in [5.41, 5.74) is 1.05. The van der Waals surface area contributed by atoms with Crippen LogP contribution in [0.5, 0.6) is 11.5 Å². The fraction of sp³-hybridized carbons (Fsp3) is 0.407. The first-order chi connectivity index (χ1) is 19.8. The molecule has 1 N–H and O–H groups in total. The molecule has 0 aliphatic carbocycles. The zero-order chi connectivity index (χ0) is 29.4. The predicted molar refractivity (Wildman–Crippen MR) is 148 cm³/mol. The molecule has 1 saturated heterocycles. The van der Waals surface area contributed by atoms with Crippen LogP contribution < -0.4 is 19.7 Å². The van der Waals surface area contributed by atoms with Crippen LogP contribution in [0.25, 0.3) is 11.3 Å². The summed E-state index contributed by atoms with van der Waals surface area (Å²) in [6.45, 7) is 3.56. The number of amides is 1. The molecule has 12 nitrogen and oxygen atoms in total. The number of benzene rings is 1. The number of nitrogens with one attached hydrogen (secondary N) is 1. The highest BCUT2D eigenvalue weighted by Gasteiger charge is 2.27. The molecule has 218 valence electrons. The first-order valence-electron chi connectivity index (χ1n) is 12.9. The van der Waals surface area contributed by atoms with Crippen LogP contribution in [0.4, 0.5) is 15.3 Å². The number of carbonyl (C=O) groups is 3. The number of hydrogen-bond donors (Lipinski definition) is 1. The minimum atomic E-state index is -1.05. The van der Waals surface area contributed by atoms with Crippen molar-refractivity contribution in [2.24, 2.45) is 5.92 Å². The molecule has 3 heterocycles. The van der Waals surface area contributed by atoms with E-state index in [1.165, 1.54) is 26.4 Å². The molecular weight excluding hydrogens is 557 g/mol. The van der Waals surface area contributed by atoms with Gasteiger partial charge in [0, 0.05) is 25.6 Å². The molecule has 3 aromatic rings. The maximum Gasteiger partial charge on any atom is 0.309 e. The summed E-state index contributed by atoms with van der Waals surface area (Å²) in [6.07, 6.45) is 4.20. The van der Waals surface area contributed by atoms with Crippen molar-refractivity contribution < 1.29 is 37.7 Å². The highest BCUT2D eigenvalue weighted by molar-refractivity contribution is 7.16. The third-order valence-electron chi connectivity index (χ3n) is 6.28. The van der Waals surface area contributed by atoms with Crippen LogP contribution in [0.2, 0.25) is 0 Å². The molecule has 0 atom stereocenters. The fourth-order valence-corrected chi connectivity index (χ4v) is 5.15. The van der Waals surface area contributed by atoms with E-state index < -0.39 is 18.7 Å². The lowest BCUT2D eigenvalue weighted by Crippen LogP contribution is -2.37. The van der Waals surface area contributed by atoms with Crippen molar-refractivity contribution in [3.05, 3.63) is 41.2 Å². The molecule has 4 rings (SSSR count). The van der Waals surface area contributed by atoms with Gasteiger partial charge in [0.15, 0.2) is 16.6 Å². The van der Waals surface area contributed by atoms with Gasteiger partial charge in [-0.2, -0.15) is 0 Å². The molecule has 2 aromatic heterocycles. The average Bonchev–Trinajstić information content (AvgIpc) is 3.39. The number of carbonyl (C=O) groups excluding carboxylic acids is 3. The Balaban J connectivity index is 1.47. The first-order valence-corrected chi connectivity index (χ1v) is 13.7. The lowest BCUT2D eigenvalue weighted by atomic mass is 9.97. The van der Waals surface area contributed by atoms with Crippen molar-refractivity contribution in [2.45, 2.75) is 33.3 Å². The average molecular weight is 588 g/mol. The molecule has 14 heteroatoms. The zero-order valence-corrected chi connectivity index (χ0v) is 23.7. The van der Waals surface area contributed by atoms with E-state index in [1.54, 1.807) is 25.1 Å². The highest BCUT2D eigenvalue weighted by Crippen LogP contribution is 2.37. The number of halogens is 1. The second-order valence-corrected chi connectivity index (χ2v) is 10.0. The Labute approximate surface area is 239 Å². The second-order valence-electron chi connectivity index (χ2n) is 8.92. The van der Waals surface area contributed by atoms with E-state index in [2.05, 4.69) is 20.3 Å². The predicted octanol–water partition coefficient (Wildman–Crippen LogP) is 4.01. The maximum atomic E-state index is 13.0. The first kappa shape index (κ1) is 29.6. The third kappa shape index (κ3) is 7.45. The Morgan fingerprint density at radius 3 is 2.54 bits per heavy atom. The number of aromatic nitrogens is 3. The van der Waals surface area contributed by atoms with Gasteiger partial charge in [-0.15, -0.1) is 0 Å². The van der Waals surface area contributed by atoms with Gasteiger partial charge in [-0.05, 0) is 38.0 Å². The molecule has 0 spiro atoms. The van der Waals surface area contributed by atoms with Gasteiger partial charge in [-0.1, -0.05) is 11.3 Å². The van der Waals surface area contributed by atoms with E-state index in [0.29, 0.717) is 60.2 Å². The van der Waals surface area contributed by atoms with Gasteiger partial charge in [0.25, 0.3) is 5.91 Å². The van der Waals surface area contributed by atoms with E-state index >= 15 is 0 Å². The lowest BCUT2D eigenvalue weighted by Gasteiger charge is -2.31. The van der Waals surface area contributed by atoms with Crippen LogP contribution >= 0.6 is 11.3 Å². The van der Waals surface area contributed by atoms with E-state index in [1.807, 2.05) is 4.90 Å². The summed E-state index contributed by atoms with van der Waals surface area (Å²) in [5.74, 6) is -0.194. The van der Waals surface area contributed by atoms with E-state index in [4.69, 9.17) is 18.9 Å². The molecule has 0 bridgehead atoms. The molecule has 1 aromatic carbocycles. The number of methoxy groups -OCH3 is 1. The van der Waals surface area contributed by atoms with Gasteiger partial charge in [0.2, 0.25) is 6.86 Å². The van der Waals surface area contributed by atoms with Crippen LogP contribution in [0.3, 0.4) is 0 Å². The summed E-state index contributed by atoms with van der Waals surface area (Å²) >= 11 is 1.12. The van der Waals surface area contributed by atoms with Crippen molar-refractivity contribution in [3.63, 3.8) is 0 Å². The number of hydrogen-bond acceptors (Lipinski definition) is 12. The minimum absolute atomic E-state index is 0.0785. The Hall–Kier alpha value is -4.33. The molecule has 1 amide bonds. The standard InChI is InChI=1S/C27H30FN5O7S/c1-4-38-26(36)17-7-9-33(10-8-17)23-13-29-19(12-30-23)25(35)32-27-31-24(22(41-27)14-39-16(2)34)18-5-6-20(37-3)21(11-18)40-15-28/h5-6,11-13,17H,4,7-10,14-15H2,1-3H3,(H,31,32,35). The molecule has 41 heavy (non-hydrogen) atoms. The van der Waals surface area contributed by atoms with Crippen LogP contribution in [-0.4, -0.2) is 66.5 Å². The quantitative estimate of drug-likeness (QED) is 0.325. The number of alkyl halides is 1. The van der Waals surface area contributed by atoms with E-state index in [0.717, 1.165) is 11.3 Å². The number of nitrogens with zero attached hydrogens (tertiary/aromatic N) is 4. The van der Waals surface area contributed by atoms with Crippen molar-refractivity contribution >= 4 is 40.1 Å². The molecule has 0 unspecified atom stereocenters. The van der Waals surface area contributed by atoms with Crippen molar-refractivity contribution in [3.8, 4) is 22.8 Å². The molecular formula is C27H30FN5O7S. The van der Waals surface area contributed by atoms with Crippen LogP contribution in [-0.2, 0) is 25.7 Å². The minimum Gasteiger partial charge on any atom is -0.493 e. The summed E-state index contributed by atoms with van der Waals surface area (Å²) < 4.78 is 33.4. The number of rotatable bonds is 11. The third-order valence-corrected chi connectivity index (χ3v) is 7.23. The Kier molecular flexibility index (Phi) is 10.0. The smallest absolute Gasteiger partial charge is 0.309 e. The molecule has 1 aliphatic heterocycles. The summed E-state index contributed by atoms with van der Waals surface area (Å²) in [5, 5.41) is 2.95. The Morgan fingerprint density at radius 1 is 1.12 bits per heavy atom. The van der Waals surface area contributed by atoms with Gasteiger partial charge in [0.1, 0.15) is 18.1 Å². The molecule has 1 aliphatic rings. The molecule has 1 fully saturated rings. The maximum absolute atomic E-state index is 13.0. The number of anilines is 2. The summed E-state index contributed by atoms with van der Waals surface area (Å²) in [7, 11) is 1.44. The van der Waals surface area contributed by atoms with E-state index in [9.17, 15) is 18.8 Å². The van der Waals surface area contributed by atoms with Gasteiger partial charge in [0.05, 0.1) is 42.6 Å².